The number of nitrogens with zero attached hydrogens (tertiary/aromatic N) is 2. The number of carbonyl (C=O) groups excluding carboxylic acids is 2. The van der Waals surface area contributed by atoms with Gasteiger partial charge in [-0.1, -0.05) is 67.9 Å². The quantitative estimate of drug-likeness (QED) is 0.499. The van der Waals surface area contributed by atoms with Gasteiger partial charge in [0.2, 0.25) is 5.91 Å². The molecular weight excluding hydrogens is 424 g/mol. The van der Waals surface area contributed by atoms with Gasteiger partial charge in [-0.15, -0.1) is 0 Å². The number of ether oxygens (including phenoxy) is 1. The summed E-state index contributed by atoms with van der Waals surface area (Å²) in [6.07, 6.45) is 0.229. The van der Waals surface area contributed by atoms with Crippen LogP contribution < -0.4 is 0 Å². The van der Waals surface area contributed by atoms with Gasteiger partial charge < -0.3 is 14.5 Å². The monoisotopic (exact) mass is 454 g/mol. The standard InChI is InChI=1S/C26H31ClN2O3/c1-4-28(5-2)15-16-29-19(3)25(26(31)32-18-20-9-7-6-8-10-20)23(17-24(29)30)21-11-13-22(27)14-12-21/h6-14,23H,4-5,15-18H2,1-3H3. The third-order valence-corrected chi connectivity index (χ3v) is 6.31. The summed E-state index contributed by atoms with van der Waals surface area (Å²) in [5, 5.41) is 0.616. The number of rotatable bonds is 9. The number of amides is 1. The Bertz CT molecular complexity index is 953. The van der Waals surface area contributed by atoms with Gasteiger partial charge in [0.15, 0.2) is 0 Å². The predicted molar refractivity (Wildman–Crippen MR) is 127 cm³/mol. The molecule has 0 fully saturated rings. The van der Waals surface area contributed by atoms with Gasteiger partial charge in [-0.05, 0) is 43.3 Å². The van der Waals surface area contributed by atoms with Crippen LogP contribution in [-0.2, 0) is 20.9 Å². The highest BCUT2D eigenvalue weighted by Crippen LogP contribution is 2.37. The number of hydrogen-bond acceptors (Lipinski definition) is 4. The van der Waals surface area contributed by atoms with Crippen molar-refractivity contribution in [2.24, 2.45) is 0 Å². The lowest BCUT2D eigenvalue weighted by molar-refractivity contribution is -0.141. The largest absolute Gasteiger partial charge is 0.457 e. The zero-order chi connectivity index (χ0) is 23.1. The highest BCUT2D eigenvalue weighted by molar-refractivity contribution is 6.30. The van der Waals surface area contributed by atoms with Crippen LogP contribution in [0.5, 0.6) is 0 Å². The van der Waals surface area contributed by atoms with E-state index in [0.29, 0.717) is 22.8 Å². The van der Waals surface area contributed by atoms with E-state index in [1.807, 2.05) is 49.4 Å². The first-order chi connectivity index (χ1) is 15.4. The van der Waals surface area contributed by atoms with Crippen LogP contribution in [-0.4, -0.2) is 47.9 Å². The van der Waals surface area contributed by atoms with Crippen molar-refractivity contribution < 1.29 is 14.3 Å². The fourth-order valence-corrected chi connectivity index (χ4v) is 4.24. The molecular formula is C26H31ClN2O3. The number of benzene rings is 2. The lowest BCUT2D eigenvalue weighted by atomic mass is 9.83. The molecule has 0 saturated heterocycles. The molecule has 2 aromatic carbocycles. The van der Waals surface area contributed by atoms with Crippen LogP contribution >= 0.6 is 11.6 Å². The van der Waals surface area contributed by atoms with Gasteiger partial charge in [-0.2, -0.15) is 0 Å². The van der Waals surface area contributed by atoms with Crippen molar-refractivity contribution in [3.63, 3.8) is 0 Å². The Morgan fingerprint density at radius 1 is 1.09 bits per heavy atom. The first-order valence-corrected chi connectivity index (χ1v) is 11.5. The summed E-state index contributed by atoms with van der Waals surface area (Å²) in [4.78, 5) is 30.4. The molecule has 6 heteroatoms. The third-order valence-electron chi connectivity index (χ3n) is 6.06. The molecule has 170 valence electrons. The van der Waals surface area contributed by atoms with Crippen LogP contribution in [0.1, 0.15) is 44.2 Å². The Morgan fingerprint density at radius 3 is 2.38 bits per heavy atom. The number of hydrogen-bond donors (Lipinski definition) is 0. The minimum Gasteiger partial charge on any atom is -0.457 e. The Morgan fingerprint density at radius 2 is 1.75 bits per heavy atom. The minimum absolute atomic E-state index is 0.0224. The second-order valence-corrected chi connectivity index (χ2v) is 8.38. The Kier molecular flexibility index (Phi) is 8.48. The van der Waals surface area contributed by atoms with Crippen molar-refractivity contribution in [2.75, 3.05) is 26.2 Å². The third kappa shape index (κ3) is 5.78. The summed E-state index contributed by atoms with van der Waals surface area (Å²) >= 11 is 6.06. The Hall–Kier alpha value is -2.63. The van der Waals surface area contributed by atoms with E-state index < -0.39 is 0 Å². The molecule has 1 atom stereocenters. The fourth-order valence-electron chi connectivity index (χ4n) is 4.12. The zero-order valence-corrected chi connectivity index (χ0v) is 19.8. The van der Waals surface area contributed by atoms with Gasteiger partial charge in [-0.3, -0.25) is 4.79 Å². The maximum Gasteiger partial charge on any atom is 0.336 e. The van der Waals surface area contributed by atoms with Gasteiger partial charge in [0.1, 0.15) is 6.61 Å². The lowest BCUT2D eigenvalue weighted by Gasteiger charge is -2.35. The van der Waals surface area contributed by atoms with Crippen molar-refractivity contribution >= 4 is 23.5 Å². The first kappa shape index (κ1) is 24.0. The SMILES string of the molecule is CCN(CC)CCN1C(=O)CC(c2ccc(Cl)cc2)C(C(=O)OCc2ccccc2)=C1C. The van der Waals surface area contributed by atoms with E-state index in [4.69, 9.17) is 16.3 Å². The number of esters is 1. The van der Waals surface area contributed by atoms with Crippen LogP contribution in [0.2, 0.25) is 5.02 Å². The smallest absolute Gasteiger partial charge is 0.336 e. The normalized spacial score (nSPS) is 16.6. The zero-order valence-electron chi connectivity index (χ0n) is 19.0. The molecule has 0 saturated carbocycles. The van der Waals surface area contributed by atoms with Gasteiger partial charge in [-0.25, -0.2) is 4.79 Å². The minimum atomic E-state index is -0.383. The topological polar surface area (TPSA) is 49.9 Å². The molecule has 1 heterocycles. The molecule has 0 aromatic heterocycles. The van der Waals surface area contributed by atoms with Crippen molar-refractivity contribution in [1.29, 1.82) is 0 Å². The van der Waals surface area contributed by atoms with Crippen molar-refractivity contribution in [3.8, 4) is 0 Å². The maximum atomic E-state index is 13.3. The number of carbonyl (C=O) groups is 2. The molecule has 0 spiro atoms. The van der Waals surface area contributed by atoms with E-state index in [1.54, 1.807) is 17.0 Å². The summed E-state index contributed by atoms with van der Waals surface area (Å²) < 4.78 is 5.69. The second-order valence-electron chi connectivity index (χ2n) is 7.94. The first-order valence-electron chi connectivity index (χ1n) is 11.1. The molecule has 0 radical (unpaired) electrons. The molecule has 2 aromatic rings. The lowest BCUT2D eigenvalue weighted by Crippen LogP contribution is -2.42. The van der Waals surface area contributed by atoms with Crippen LogP contribution in [0.15, 0.2) is 65.9 Å². The molecule has 32 heavy (non-hydrogen) atoms. The molecule has 3 rings (SSSR count). The molecule has 1 unspecified atom stereocenters. The number of likely N-dealkylation sites (N-methyl/N-ethyl adjacent to an activating group) is 1. The number of allylic oxidation sites excluding steroid dienone is 1. The van der Waals surface area contributed by atoms with E-state index >= 15 is 0 Å². The number of halogens is 1. The molecule has 1 amide bonds. The van der Waals surface area contributed by atoms with Crippen LogP contribution in [0.4, 0.5) is 0 Å². The van der Waals surface area contributed by atoms with Gasteiger partial charge in [0.25, 0.3) is 0 Å². The predicted octanol–water partition coefficient (Wildman–Crippen LogP) is 5.02. The fraction of sp³-hybridized carbons (Fsp3) is 0.385. The van der Waals surface area contributed by atoms with Crippen molar-refractivity contribution in [2.45, 2.75) is 39.7 Å². The van der Waals surface area contributed by atoms with Gasteiger partial charge in [0, 0.05) is 36.1 Å². The van der Waals surface area contributed by atoms with E-state index in [9.17, 15) is 9.59 Å². The van der Waals surface area contributed by atoms with Crippen molar-refractivity contribution in [1.82, 2.24) is 9.80 Å². The van der Waals surface area contributed by atoms with E-state index in [1.165, 1.54) is 0 Å². The molecule has 0 bridgehead atoms. The Balaban J connectivity index is 1.90. The van der Waals surface area contributed by atoms with Crippen LogP contribution in [0, 0.1) is 0 Å². The molecule has 0 N–H and O–H groups in total. The highest BCUT2D eigenvalue weighted by Gasteiger charge is 2.36. The second kappa shape index (κ2) is 11.3. The van der Waals surface area contributed by atoms with Crippen LogP contribution in [0.3, 0.4) is 0 Å². The van der Waals surface area contributed by atoms with E-state index in [0.717, 1.165) is 30.8 Å². The van der Waals surface area contributed by atoms with Crippen molar-refractivity contribution in [3.05, 3.63) is 82.0 Å². The van der Waals surface area contributed by atoms with Crippen LogP contribution in [0.25, 0.3) is 0 Å². The van der Waals surface area contributed by atoms with E-state index in [-0.39, 0.29) is 30.8 Å². The molecule has 0 aliphatic carbocycles. The summed E-state index contributed by atoms with van der Waals surface area (Å²) in [5.41, 5.74) is 3.03. The Labute approximate surface area is 195 Å². The maximum absolute atomic E-state index is 13.3. The average molecular weight is 455 g/mol. The molecule has 1 aliphatic heterocycles. The van der Waals surface area contributed by atoms with Gasteiger partial charge >= 0.3 is 5.97 Å². The molecule has 1 aliphatic rings. The summed E-state index contributed by atoms with van der Waals surface area (Å²) in [6.45, 7) is 9.39. The summed E-state index contributed by atoms with van der Waals surface area (Å²) in [6, 6.07) is 16.9. The van der Waals surface area contributed by atoms with E-state index in [2.05, 4.69) is 18.7 Å². The average Bonchev–Trinajstić information content (AvgIpc) is 2.80. The summed E-state index contributed by atoms with van der Waals surface area (Å²) in [7, 11) is 0. The highest BCUT2D eigenvalue weighted by atomic mass is 35.5. The summed E-state index contributed by atoms with van der Waals surface area (Å²) in [5.74, 6) is -0.714. The molecule has 5 nitrogen and oxygen atoms in total. The van der Waals surface area contributed by atoms with Gasteiger partial charge in [0.05, 0.1) is 5.57 Å².